The lowest BCUT2D eigenvalue weighted by atomic mass is 10.2. The average Bonchev–Trinajstić information content (AvgIpc) is 2.71. The summed E-state index contributed by atoms with van der Waals surface area (Å²) >= 11 is 0. The van der Waals surface area contributed by atoms with Gasteiger partial charge in [-0.25, -0.2) is 18.7 Å². The molecule has 0 saturated heterocycles. The van der Waals surface area contributed by atoms with Crippen molar-refractivity contribution < 1.29 is 23.0 Å². The lowest BCUT2D eigenvalue weighted by Gasteiger charge is -2.12. The topological polar surface area (TPSA) is 85.4 Å². The van der Waals surface area contributed by atoms with E-state index in [9.17, 15) is 13.6 Å². The molecule has 3 rings (SSSR count). The molecule has 0 unspecified atom stereocenters. The van der Waals surface area contributed by atoms with Crippen LogP contribution in [0.15, 0.2) is 48.8 Å². The molecule has 0 atom stereocenters. The highest BCUT2D eigenvalue weighted by Crippen LogP contribution is 2.29. The van der Waals surface area contributed by atoms with E-state index in [1.54, 1.807) is 18.2 Å². The van der Waals surface area contributed by atoms with Crippen molar-refractivity contribution in [3.8, 4) is 11.5 Å². The summed E-state index contributed by atoms with van der Waals surface area (Å²) in [5.41, 5.74) is 0.778. The van der Waals surface area contributed by atoms with E-state index in [0.29, 0.717) is 17.2 Å². The number of nitrogens with one attached hydrogen (secondary N) is 2. The quantitative estimate of drug-likeness (QED) is 0.671. The van der Waals surface area contributed by atoms with Crippen LogP contribution in [0.25, 0.3) is 0 Å². The van der Waals surface area contributed by atoms with Crippen LogP contribution in [0.4, 0.5) is 26.0 Å². The highest BCUT2D eigenvalue weighted by atomic mass is 19.2. The summed E-state index contributed by atoms with van der Waals surface area (Å²) in [6.07, 6.45) is 1.18. The zero-order valence-corrected chi connectivity index (χ0v) is 15.0. The van der Waals surface area contributed by atoms with E-state index in [1.807, 2.05) is 0 Å². The molecule has 1 aromatic heterocycles. The first-order valence-electron chi connectivity index (χ1n) is 8.07. The molecule has 0 aliphatic rings. The number of carbonyl (C=O) groups is 1. The maximum atomic E-state index is 13.3. The zero-order valence-electron chi connectivity index (χ0n) is 15.0. The number of carbonyl (C=O) groups excluding carboxylic acids is 1. The Kier molecular flexibility index (Phi) is 5.64. The van der Waals surface area contributed by atoms with Crippen LogP contribution < -0.4 is 20.1 Å². The van der Waals surface area contributed by atoms with Crippen LogP contribution >= 0.6 is 0 Å². The Bertz CT molecular complexity index is 1010. The fraction of sp³-hybridized carbons (Fsp3) is 0.105. The standard InChI is InChI=1S/C19H16F2N4O3/c1-27-12-4-6-15(17(8-12)28-2)25-19(26)16-9-18(23-10-22-16)24-11-3-5-13(20)14(21)7-11/h3-10H,1-2H3,(H,25,26)(H,22,23,24). The summed E-state index contributed by atoms with van der Waals surface area (Å²) in [5, 5.41) is 5.48. The number of amides is 1. The van der Waals surface area contributed by atoms with Gasteiger partial charge in [-0.1, -0.05) is 0 Å². The zero-order chi connectivity index (χ0) is 20.1. The van der Waals surface area contributed by atoms with Crippen LogP contribution in [-0.2, 0) is 0 Å². The molecule has 1 amide bonds. The summed E-state index contributed by atoms with van der Waals surface area (Å²) in [6.45, 7) is 0. The summed E-state index contributed by atoms with van der Waals surface area (Å²) < 4.78 is 36.7. The molecule has 0 bridgehead atoms. The Labute approximate surface area is 159 Å². The fourth-order valence-corrected chi connectivity index (χ4v) is 2.36. The Balaban J connectivity index is 1.78. The molecule has 28 heavy (non-hydrogen) atoms. The number of hydrogen-bond acceptors (Lipinski definition) is 6. The number of hydrogen-bond donors (Lipinski definition) is 2. The fourth-order valence-electron chi connectivity index (χ4n) is 2.36. The van der Waals surface area contributed by atoms with Gasteiger partial charge >= 0.3 is 0 Å². The highest BCUT2D eigenvalue weighted by molar-refractivity contribution is 6.04. The van der Waals surface area contributed by atoms with Gasteiger partial charge in [-0.3, -0.25) is 4.79 Å². The molecule has 0 aliphatic carbocycles. The monoisotopic (exact) mass is 386 g/mol. The van der Waals surface area contributed by atoms with Gasteiger partial charge in [-0.2, -0.15) is 0 Å². The van der Waals surface area contributed by atoms with Crippen LogP contribution in [0.1, 0.15) is 10.5 Å². The molecule has 3 aromatic rings. The van der Waals surface area contributed by atoms with E-state index in [4.69, 9.17) is 9.47 Å². The Morgan fingerprint density at radius 2 is 1.79 bits per heavy atom. The van der Waals surface area contributed by atoms with Crippen molar-refractivity contribution in [2.45, 2.75) is 0 Å². The third-order valence-corrected chi connectivity index (χ3v) is 3.75. The van der Waals surface area contributed by atoms with Gasteiger partial charge < -0.3 is 20.1 Å². The number of ether oxygens (including phenoxy) is 2. The SMILES string of the molecule is COc1ccc(NC(=O)c2cc(Nc3ccc(F)c(F)c3)ncn2)c(OC)c1. The predicted octanol–water partition coefficient (Wildman–Crippen LogP) is 3.77. The third-order valence-electron chi connectivity index (χ3n) is 3.75. The molecule has 9 heteroatoms. The molecule has 1 heterocycles. The summed E-state index contributed by atoms with van der Waals surface area (Å²) in [5.74, 6) is -1.21. The Morgan fingerprint density at radius 3 is 2.50 bits per heavy atom. The maximum Gasteiger partial charge on any atom is 0.274 e. The molecule has 0 fully saturated rings. The molecular formula is C19H16F2N4O3. The number of aromatic nitrogens is 2. The van der Waals surface area contributed by atoms with Gasteiger partial charge in [0.05, 0.1) is 19.9 Å². The highest BCUT2D eigenvalue weighted by Gasteiger charge is 2.13. The molecular weight excluding hydrogens is 370 g/mol. The summed E-state index contributed by atoms with van der Waals surface area (Å²) in [7, 11) is 2.99. The van der Waals surface area contributed by atoms with Gasteiger partial charge in [-0.15, -0.1) is 0 Å². The Hall–Kier alpha value is -3.75. The summed E-state index contributed by atoms with van der Waals surface area (Å²) in [6, 6.07) is 9.65. The lowest BCUT2D eigenvalue weighted by Crippen LogP contribution is -2.15. The van der Waals surface area contributed by atoms with Crippen molar-refractivity contribution in [3.63, 3.8) is 0 Å². The van der Waals surface area contributed by atoms with Crippen LogP contribution in [0.3, 0.4) is 0 Å². The maximum absolute atomic E-state index is 13.3. The third kappa shape index (κ3) is 4.32. The van der Waals surface area contributed by atoms with Crippen molar-refractivity contribution in [1.82, 2.24) is 9.97 Å². The lowest BCUT2D eigenvalue weighted by molar-refractivity contribution is 0.102. The minimum Gasteiger partial charge on any atom is -0.497 e. The molecule has 2 aromatic carbocycles. The van der Waals surface area contributed by atoms with Gasteiger partial charge in [-0.05, 0) is 24.3 Å². The molecule has 0 radical (unpaired) electrons. The normalized spacial score (nSPS) is 10.3. The minimum absolute atomic E-state index is 0.0676. The van der Waals surface area contributed by atoms with Crippen LogP contribution in [0, 0.1) is 11.6 Å². The van der Waals surface area contributed by atoms with Crippen molar-refractivity contribution in [2.24, 2.45) is 0 Å². The second-order valence-corrected chi connectivity index (χ2v) is 5.56. The van der Waals surface area contributed by atoms with Crippen LogP contribution in [0.2, 0.25) is 0 Å². The van der Waals surface area contributed by atoms with Crippen LogP contribution in [-0.4, -0.2) is 30.1 Å². The van der Waals surface area contributed by atoms with Crippen molar-refractivity contribution in [3.05, 3.63) is 66.1 Å². The van der Waals surface area contributed by atoms with E-state index >= 15 is 0 Å². The molecule has 0 aliphatic heterocycles. The first kappa shape index (κ1) is 19.0. The van der Waals surface area contributed by atoms with Gasteiger partial charge in [0.25, 0.3) is 5.91 Å². The number of methoxy groups -OCH3 is 2. The number of rotatable bonds is 6. The molecule has 0 saturated carbocycles. The Morgan fingerprint density at radius 1 is 0.964 bits per heavy atom. The van der Waals surface area contributed by atoms with Crippen molar-refractivity contribution in [2.75, 3.05) is 24.9 Å². The number of halogens is 2. The smallest absolute Gasteiger partial charge is 0.274 e. The molecule has 0 spiro atoms. The van der Waals surface area contributed by atoms with Crippen molar-refractivity contribution >= 4 is 23.1 Å². The van der Waals surface area contributed by atoms with Gasteiger partial charge in [0.1, 0.15) is 29.3 Å². The summed E-state index contributed by atoms with van der Waals surface area (Å²) in [4.78, 5) is 20.4. The van der Waals surface area contributed by atoms with E-state index in [1.165, 1.54) is 32.7 Å². The number of anilines is 3. The number of nitrogens with zero attached hydrogens (tertiary/aromatic N) is 2. The van der Waals surface area contributed by atoms with E-state index in [-0.39, 0.29) is 17.2 Å². The average molecular weight is 386 g/mol. The second-order valence-electron chi connectivity index (χ2n) is 5.56. The van der Waals surface area contributed by atoms with Gasteiger partial charge in [0.2, 0.25) is 0 Å². The van der Waals surface area contributed by atoms with Gasteiger partial charge in [0.15, 0.2) is 11.6 Å². The number of benzene rings is 2. The molecule has 2 N–H and O–H groups in total. The largest absolute Gasteiger partial charge is 0.497 e. The minimum atomic E-state index is -0.997. The van der Waals surface area contributed by atoms with Crippen molar-refractivity contribution in [1.29, 1.82) is 0 Å². The van der Waals surface area contributed by atoms with Gasteiger partial charge in [0, 0.05) is 23.9 Å². The first-order chi connectivity index (χ1) is 13.5. The molecule has 7 nitrogen and oxygen atoms in total. The van der Waals surface area contributed by atoms with Crippen LogP contribution in [0.5, 0.6) is 11.5 Å². The van der Waals surface area contributed by atoms with E-state index in [0.717, 1.165) is 12.1 Å². The molecule has 144 valence electrons. The second kappa shape index (κ2) is 8.30. The van der Waals surface area contributed by atoms with E-state index < -0.39 is 17.5 Å². The predicted molar refractivity (Wildman–Crippen MR) is 99.2 cm³/mol. The van der Waals surface area contributed by atoms with E-state index in [2.05, 4.69) is 20.6 Å². The first-order valence-corrected chi connectivity index (χ1v) is 8.07.